The molecule has 0 rings (SSSR count). The Morgan fingerprint density at radius 3 is 2.40 bits per heavy atom. The average molecular weight is 147 g/mol. The number of aliphatic carboxylic acids is 1. The summed E-state index contributed by atoms with van der Waals surface area (Å²) in [6, 6.07) is -1.18. The van der Waals surface area contributed by atoms with Gasteiger partial charge in [-0.3, -0.25) is 15.0 Å². The van der Waals surface area contributed by atoms with Crippen LogP contribution in [0.15, 0.2) is 0 Å². The Bertz CT molecular complexity index is 147. The molecule has 10 heavy (non-hydrogen) atoms. The minimum Gasteiger partial charge on any atom is -0.480 e. The van der Waals surface area contributed by atoms with Gasteiger partial charge < -0.3 is 10.8 Å². The van der Waals surface area contributed by atoms with Gasteiger partial charge in [0.2, 0.25) is 5.91 Å². The second-order valence-corrected chi connectivity index (χ2v) is 1.72. The summed E-state index contributed by atoms with van der Waals surface area (Å²) in [5.41, 5.74) is 6.75. The van der Waals surface area contributed by atoms with Gasteiger partial charge in [0.25, 0.3) is 0 Å². The van der Waals surface area contributed by atoms with Crippen molar-refractivity contribution in [2.45, 2.75) is 12.5 Å². The highest BCUT2D eigenvalue weighted by atomic mass is 16.4. The molecule has 0 radical (unpaired) electrons. The van der Waals surface area contributed by atoms with Gasteiger partial charge in [-0.05, 0) is 0 Å². The molecule has 0 saturated heterocycles. The lowest BCUT2D eigenvalue weighted by Gasteiger charge is -2.02. The van der Waals surface area contributed by atoms with Gasteiger partial charge in [0.15, 0.2) is 0 Å². The maximum Gasteiger partial charge on any atom is 0.321 e. The number of carbonyl (C=O) groups excluding carboxylic acids is 1. The van der Waals surface area contributed by atoms with Crippen LogP contribution in [0.2, 0.25) is 0 Å². The van der Waals surface area contributed by atoms with Crippen molar-refractivity contribution in [1.29, 1.82) is 0 Å². The third kappa shape index (κ3) is 3.00. The van der Waals surface area contributed by atoms with Crippen LogP contribution in [0.5, 0.6) is 0 Å². The molecule has 58 valence electrons. The molecule has 6 N–H and O–H groups in total. The fourth-order valence-corrected chi connectivity index (χ4v) is 0.346. The highest BCUT2D eigenvalue weighted by Gasteiger charge is 2.14. The fraction of sp³-hybridized carbons (Fsp3) is 0.500. The third-order valence-electron chi connectivity index (χ3n) is 0.883. The molecule has 0 spiro atoms. The molecule has 1 amide bonds. The standard InChI is InChI=1S/C4H9N3O3/c5-2(4(9)10)1-3(8)7-6/h2H,1,5-6H2,(H,7,8)(H,9,10). The van der Waals surface area contributed by atoms with Crippen molar-refractivity contribution in [2.75, 3.05) is 0 Å². The summed E-state index contributed by atoms with van der Waals surface area (Å²) in [6.45, 7) is 0. The van der Waals surface area contributed by atoms with Crippen LogP contribution >= 0.6 is 0 Å². The van der Waals surface area contributed by atoms with Gasteiger partial charge in [0, 0.05) is 0 Å². The van der Waals surface area contributed by atoms with E-state index < -0.39 is 17.9 Å². The zero-order valence-electron chi connectivity index (χ0n) is 5.20. The first-order valence-electron chi connectivity index (χ1n) is 2.55. The number of amides is 1. The first-order valence-corrected chi connectivity index (χ1v) is 2.55. The SMILES string of the molecule is NNC(=O)CC(N)C(=O)O. The molecule has 0 aliphatic carbocycles. The molecule has 6 nitrogen and oxygen atoms in total. The summed E-state index contributed by atoms with van der Waals surface area (Å²) < 4.78 is 0. The molecule has 0 aromatic rings. The van der Waals surface area contributed by atoms with Crippen LogP contribution in [0.3, 0.4) is 0 Å². The molecule has 0 bridgehead atoms. The van der Waals surface area contributed by atoms with Gasteiger partial charge in [0.1, 0.15) is 6.04 Å². The van der Waals surface area contributed by atoms with Gasteiger partial charge in [0.05, 0.1) is 6.42 Å². The molecule has 6 heteroatoms. The van der Waals surface area contributed by atoms with E-state index in [1.807, 2.05) is 0 Å². The Morgan fingerprint density at radius 2 is 2.10 bits per heavy atom. The Labute approximate surface area is 57.2 Å². The molecular formula is C4H9N3O3. The third-order valence-corrected chi connectivity index (χ3v) is 0.883. The molecule has 0 aliphatic rings. The van der Waals surface area contributed by atoms with E-state index in [1.54, 1.807) is 5.43 Å². The molecule has 0 aromatic carbocycles. The number of hydrazine groups is 1. The Hall–Kier alpha value is -1.14. The fourth-order valence-electron chi connectivity index (χ4n) is 0.346. The van der Waals surface area contributed by atoms with Crippen molar-refractivity contribution >= 4 is 11.9 Å². The van der Waals surface area contributed by atoms with Crippen LogP contribution in [0.1, 0.15) is 6.42 Å². The lowest BCUT2D eigenvalue weighted by Crippen LogP contribution is -2.39. The van der Waals surface area contributed by atoms with E-state index in [-0.39, 0.29) is 6.42 Å². The Balaban J connectivity index is 3.68. The first-order chi connectivity index (χ1) is 4.57. The number of hydrogen-bond acceptors (Lipinski definition) is 4. The molecule has 1 atom stereocenters. The van der Waals surface area contributed by atoms with E-state index >= 15 is 0 Å². The zero-order valence-corrected chi connectivity index (χ0v) is 5.20. The van der Waals surface area contributed by atoms with Crippen molar-refractivity contribution < 1.29 is 14.7 Å². The minimum atomic E-state index is -1.22. The second kappa shape index (κ2) is 3.80. The van der Waals surface area contributed by atoms with Crippen molar-refractivity contribution in [2.24, 2.45) is 11.6 Å². The van der Waals surface area contributed by atoms with E-state index in [0.29, 0.717) is 0 Å². The van der Waals surface area contributed by atoms with Crippen LogP contribution in [0.4, 0.5) is 0 Å². The highest BCUT2D eigenvalue weighted by Crippen LogP contribution is 1.85. The van der Waals surface area contributed by atoms with Crippen LogP contribution in [-0.2, 0) is 9.59 Å². The van der Waals surface area contributed by atoms with E-state index in [1.165, 1.54) is 0 Å². The lowest BCUT2D eigenvalue weighted by atomic mass is 10.2. The normalized spacial score (nSPS) is 12.2. The molecule has 0 saturated carbocycles. The van der Waals surface area contributed by atoms with E-state index in [4.69, 9.17) is 10.8 Å². The molecular weight excluding hydrogens is 138 g/mol. The predicted octanol–water partition coefficient (Wildman–Crippen LogP) is -2.22. The van der Waals surface area contributed by atoms with Crippen LogP contribution < -0.4 is 17.0 Å². The lowest BCUT2D eigenvalue weighted by molar-refractivity contribution is -0.140. The number of rotatable bonds is 3. The minimum absolute atomic E-state index is 0.300. The summed E-state index contributed by atoms with van der Waals surface area (Å²) in [4.78, 5) is 20.4. The van der Waals surface area contributed by atoms with Gasteiger partial charge in [-0.15, -0.1) is 0 Å². The van der Waals surface area contributed by atoms with Crippen molar-refractivity contribution in [3.63, 3.8) is 0 Å². The van der Waals surface area contributed by atoms with Crippen molar-refractivity contribution in [3.8, 4) is 0 Å². The smallest absolute Gasteiger partial charge is 0.321 e. The molecule has 1 unspecified atom stereocenters. The van der Waals surface area contributed by atoms with Crippen LogP contribution in [0.25, 0.3) is 0 Å². The van der Waals surface area contributed by atoms with Gasteiger partial charge >= 0.3 is 5.97 Å². The topological polar surface area (TPSA) is 118 Å². The van der Waals surface area contributed by atoms with Crippen LogP contribution in [0, 0.1) is 0 Å². The maximum absolute atomic E-state index is 10.3. The van der Waals surface area contributed by atoms with Crippen molar-refractivity contribution in [1.82, 2.24) is 5.43 Å². The van der Waals surface area contributed by atoms with E-state index in [9.17, 15) is 9.59 Å². The first kappa shape index (κ1) is 8.86. The highest BCUT2D eigenvalue weighted by molar-refractivity contribution is 5.83. The number of carboxylic acids is 1. The predicted molar refractivity (Wildman–Crippen MR) is 32.6 cm³/mol. The van der Waals surface area contributed by atoms with E-state index in [2.05, 4.69) is 5.84 Å². The summed E-state index contributed by atoms with van der Waals surface area (Å²) in [7, 11) is 0. The largest absolute Gasteiger partial charge is 0.480 e. The molecule has 0 heterocycles. The summed E-state index contributed by atoms with van der Waals surface area (Å²) in [6.07, 6.45) is -0.300. The number of hydrogen-bond donors (Lipinski definition) is 4. The van der Waals surface area contributed by atoms with Gasteiger partial charge in [-0.25, -0.2) is 5.84 Å². The summed E-state index contributed by atoms with van der Waals surface area (Å²) in [5, 5.41) is 8.18. The monoisotopic (exact) mass is 147 g/mol. The Kier molecular flexibility index (Phi) is 3.37. The second-order valence-electron chi connectivity index (χ2n) is 1.72. The van der Waals surface area contributed by atoms with E-state index in [0.717, 1.165) is 0 Å². The molecule has 0 fully saturated rings. The van der Waals surface area contributed by atoms with Crippen LogP contribution in [-0.4, -0.2) is 23.0 Å². The zero-order chi connectivity index (χ0) is 8.15. The van der Waals surface area contributed by atoms with Gasteiger partial charge in [-0.1, -0.05) is 0 Å². The molecule has 0 aromatic heterocycles. The average Bonchev–Trinajstić information content (AvgIpc) is 1.87. The summed E-state index contributed by atoms with van der Waals surface area (Å²) in [5.74, 6) is 2.87. The van der Waals surface area contributed by atoms with Gasteiger partial charge in [-0.2, -0.15) is 0 Å². The van der Waals surface area contributed by atoms with Crippen molar-refractivity contribution in [3.05, 3.63) is 0 Å². The number of nitrogens with one attached hydrogen (secondary N) is 1. The summed E-state index contributed by atoms with van der Waals surface area (Å²) >= 11 is 0. The quantitative estimate of drug-likeness (QED) is 0.205. The number of carboxylic acid groups (broad SMARTS) is 1. The Morgan fingerprint density at radius 1 is 1.60 bits per heavy atom. The maximum atomic E-state index is 10.3. The molecule has 0 aliphatic heterocycles. The number of carbonyl (C=O) groups is 2. The number of nitrogens with two attached hydrogens (primary N) is 2.